The lowest BCUT2D eigenvalue weighted by molar-refractivity contribution is 0.636. The van der Waals surface area contributed by atoms with Gasteiger partial charge in [-0.05, 0) is 24.1 Å². The first-order valence-corrected chi connectivity index (χ1v) is 6.07. The Kier molecular flexibility index (Phi) is 3.55. The molecule has 0 aliphatic carbocycles. The van der Waals surface area contributed by atoms with Crippen LogP contribution in [0.15, 0.2) is 35.3 Å². The molecule has 0 bridgehead atoms. The Hall–Kier alpha value is -2.30. The molecule has 1 aromatic carbocycles. The molecule has 0 aliphatic rings. The zero-order chi connectivity index (χ0) is 14.0. The largest absolute Gasteiger partial charge is 0.399 e. The van der Waals surface area contributed by atoms with Crippen molar-refractivity contribution in [2.24, 2.45) is 0 Å². The van der Waals surface area contributed by atoms with E-state index in [2.05, 4.69) is 5.10 Å². The summed E-state index contributed by atoms with van der Waals surface area (Å²) >= 11 is 0. The molecule has 2 aromatic rings. The van der Waals surface area contributed by atoms with Crippen molar-refractivity contribution in [1.82, 2.24) is 9.78 Å². The Balaban J connectivity index is 2.34. The third-order valence-corrected chi connectivity index (χ3v) is 3.18. The van der Waals surface area contributed by atoms with Crippen LogP contribution in [0.1, 0.15) is 11.1 Å². The first kappa shape index (κ1) is 13.1. The van der Waals surface area contributed by atoms with E-state index in [1.807, 2.05) is 44.1 Å². The van der Waals surface area contributed by atoms with Crippen LogP contribution in [0, 0.1) is 6.92 Å². The van der Waals surface area contributed by atoms with Crippen LogP contribution in [0.4, 0.5) is 11.4 Å². The van der Waals surface area contributed by atoms with Crippen LogP contribution in [0.25, 0.3) is 0 Å². The fourth-order valence-corrected chi connectivity index (χ4v) is 1.82. The maximum absolute atomic E-state index is 12.0. The van der Waals surface area contributed by atoms with Gasteiger partial charge < -0.3 is 10.6 Å². The monoisotopic (exact) mass is 258 g/mol. The van der Waals surface area contributed by atoms with E-state index >= 15 is 0 Å². The standard InChI is InChI=1S/C14H18N4O/c1-10-11(5-4-6-13(10)15)9-18-14(19)7-12(8-16-18)17(2)3/h4-8H,9,15H2,1-3H3. The average molecular weight is 258 g/mol. The van der Waals surface area contributed by atoms with Gasteiger partial charge in [-0.1, -0.05) is 12.1 Å². The second kappa shape index (κ2) is 5.14. The molecule has 0 saturated carbocycles. The Labute approximate surface area is 112 Å². The summed E-state index contributed by atoms with van der Waals surface area (Å²) in [5, 5.41) is 4.19. The van der Waals surface area contributed by atoms with Crippen molar-refractivity contribution < 1.29 is 0 Å². The molecule has 19 heavy (non-hydrogen) atoms. The first-order valence-electron chi connectivity index (χ1n) is 6.07. The van der Waals surface area contributed by atoms with E-state index < -0.39 is 0 Å². The molecule has 2 N–H and O–H groups in total. The van der Waals surface area contributed by atoms with Gasteiger partial charge in [0.1, 0.15) is 0 Å². The number of rotatable bonds is 3. The quantitative estimate of drug-likeness (QED) is 0.841. The van der Waals surface area contributed by atoms with Crippen LogP contribution < -0.4 is 16.2 Å². The highest BCUT2D eigenvalue weighted by Gasteiger charge is 2.06. The van der Waals surface area contributed by atoms with Gasteiger partial charge in [0.25, 0.3) is 5.56 Å². The van der Waals surface area contributed by atoms with Gasteiger partial charge in [-0.15, -0.1) is 0 Å². The van der Waals surface area contributed by atoms with Crippen molar-refractivity contribution in [2.75, 3.05) is 24.7 Å². The third kappa shape index (κ3) is 2.76. The molecule has 1 aromatic heterocycles. The third-order valence-electron chi connectivity index (χ3n) is 3.18. The highest BCUT2D eigenvalue weighted by molar-refractivity contribution is 5.50. The van der Waals surface area contributed by atoms with E-state index in [0.29, 0.717) is 6.54 Å². The number of anilines is 2. The summed E-state index contributed by atoms with van der Waals surface area (Å²) < 4.78 is 1.44. The van der Waals surface area contributed by atoms with Gasteiger partial charge in [0, 0.05) is 25.8 Å². The van der Waals surface area contributed by atoms with Gasteiger partial charge in [0.15, 0.2) is 0 Å². The molecule has 0 saturated heterocycles. The minimum absolute atomic E-state index is 0.118. The smallest absolute Gasteiger partial charge is 0.269 e. The first-order chi connectivity index (χ1) is 8.99. The molecule has 0 atom stereocenters. The van der Waals surface area contributed by atoms with Gasteiger partial charge >= 0.3 is 0 Å². The van der Waals surface area contributed by atoms with Crippen LogP contribution >= 0.6 is 0 Å². The molecule has 0 spiro atoms. The van der Waals surface area contributed by atoms with Crippen molar-refractivity contribution >= 4 is 11.4 Å². The lowest BCUT2D eigenvalue weighted by Gasteiger charge is -2.13. The van der Waals surface area contributed by atoms with Crippen LogP contribution in [-0.4, -0.2) is 23.9 Å². The van der Waals surface area contributed by atoms with E-state index in [1.165, 1.54) is 4.68 Å². The Morgan fingerprint density at radius 3 is 2.74 bits per heavy atom. The number of hydrogen-bond acceptors (Lipinski definition) is 4. The molecular formula is C14H18N4O. The summed E-state index contributed by atoms with van der Waals surface area (Å²) in [6, 6.07) is 7.27. The molecule has 0 amide bonds. The molecule has 5 heteroatoms. The summed E-state index contributed by atoms with van der Waals surface area (Å²) in [7, 11) is 3.76. The number of nitrogens with two attached hydrogens (primary N) is 1. The predicted molar refractivity (Wildman–Crippen MR) is 77.5 cm³/mol. The normalized spacial score (nSPS) is 10.5. The zero-order valence-corrected chi connectivity index (χ0v) is 11.4. The molecule has 100 valence electrons. The van der Waals surface area contributed by atoms with Crippen LogP contribution in [0.5, 0.6) is 0 Å². The summed E-state index contributed by atoms with van der Waals surface area (Å²) in [6.45, 7) is 2.38. The van der Waals surface area contributed by atoms with Crippen molar-refractivity contribution in [3.8, 4) is 0 Å². The molecule has 0 aliphatic heterocycles. The number of benzene rings is 1. The van der Waals surface area contributed by atoms with E-state index in [9.17, 15) is 4.79 Å². The van der Waals surface area contributed by atoms with Crippen molar-refractivity contribution in [1.29, 1.82) is 0 Å². The highest BCUT2D eigenvalue weighted by Crippen LogP contribution is 2.16. The Morgan fingerprint density at radius 1 is 1.37 bits per heavy atom. The molecule has 0 radical (unpaired) electrons. The van der Waals surface area contributed by atoms with Crippen molar-refractivity contribution in [3.05, 3.63) is 51.9 Å². The summed E-state index contributed by atoms with van der Waals surface area (Å²) in [5.41, 5.74) is 9.27. The zero-order valence-electron chi connectivity index (χ0n) is 11.4. The fraction of sp³-hybridized carbons (Fsp3) is 0.286. The van der Waals surface area contributed by atoms with Crippen LogP contribution in [0.3, 0.4) is 0 Å². The Morgan fingerprint density at radius 2 is 2.11 bits per heavy atom. The number of nitrogens with zero attached hydrogens (tertiary/aromatic N) is 3. The molecule has 2 rings (SSSR count). The predicted octanol–water partition coefficient (Wildman–Crippen LogP) is 1.25. The average Bonchev–Trinajstić information content (AvgIpc) is 2.37. The number of hydrogen-bond donors (Lipinski definition) is 1. The lowest BCUT2D eigenvalue weighted by Crippen LogP contribution is -2.25. The van der Waals surface area contributed by atoms with E-state index in [0.717, 1.165) is 22.5 Å². The number of nitrogen functional groups attached to an aromatic ring is 1. The molecule has 0 fully saturated rings. The van der Waals surface area contributed by atoms with Gasteiger partial charge in [0.05, 0.1) is 18.4 Å². The SMILES string of the molecule is Cc1c(N)cccc1Cn1ncc(N(C)C)cc1=O. The topological polar surface area (TPSA) is 64.2 Å². The second-order valence-electron chi connectivity index (χ2n) is 4.74. The summed E-state index contributed by atoms with van der Waals surface area (Å²) in [6.07, 6.45) is 1.68. The maximum atomic E-state index is 12.0. The Bertz CT molecular complexity index is 646. The molecular weight excluding hydrogens is 240 g/mol. The fourth-order valence-electron chi connectivity index (χ4n) is 1.82. The maximum Gasteiger partial charge on any atom is 0.269 e. The minimum atomic E-state index is -0.118. The van der Waals surface area contributed by atoms with E-state index in [4.69, 9.17) is 5.73 Å². The van der Waals surface area contributed by atoms with Crippen molar-refractivity contribution in [2.45, 2.75) is 13.5 Å². The minimum Gasteiger partial charge on any atom is -0.399 e. The van der Waals surface area contributed by atoms with Gasteiger partial charge in [0.2, 0.25) is 0 Å². The molecule has 5 nitrogen and oxygen atoms in total. The highest BCUT2D eigenvalue weighted by atomic mass is 16.1. The van der Waals surface area contributed by atoms with Crippen LogP contribution in [-0.2, 0) is 6.54 Å². The molecule has 0 unspecified atom stereocenters. The van der Waals surface area contributed by atoms with Crippen molar-refractivity contribution in [3.63, 3.8) is 0 Å². The van der Waals surface area contributed by atoms with Gasteiger partial charge in [-0.3, -0.25) is 4.79 Å². The van der Waals surface area contributed by atoms with E-state index in [-0.39, 0.29) is 5.56 Å². The summed E-state index contributed by atoms with van der Waals surface area (Å²) in [5.74, 6) is 0. The van der Waals surface area contributed by atoms with E-state index in [1.54, 1.807) is 12.3 Å². The van der Waals surface area contributed by atoms with Gasteiger partial charge in [-0.2, -0.15) is 5.10 Å². The van der Waals surface area contributed by atoms with Crippen LogP contribution in [0.2, 0.25) is 0 Å². The summed E-state index contributed by atoms with van der Waals surface area (Å²) in [4.78, 5) is 13.8. The van der Waals surface area contributed by atoms with Gasteiger partial charge in [-0.25, -0.2) is 4.68 Å². The number of aromatic nitrogens is 2. The molecule has 1 heterocycles. The second-order valence-corrected chi connectivity index (χ2v) is 4.74. The lowest BCUT2D eigenvalue weighted by atomic mass is 10.1.